The first-order valence-corrected chi connectivity index (χ1v) is 9.79. The van der Waals surface area contributed by atoms with Gasteiger partial charge in [0.1, 0.15) is 34.5 Å². The standard InChI is InChI=1S/C25H26O5/c1-14(2)5-7-17-11-16(8-10-20(17)26)19-13-30-25-18(9-6-15(3)4)21(27)12-22(28)23(25)24(19)29/h8,10-13,26-28H,1,3,5-7,9H2,2,4H3. The van der Waals surface area contributed by atoms with E-state index in [1.807, 2.05) is 13.8 Å². The summed E-state index contributed by atoms with van der Waals surface area (Å²) in [5.41, 5.74) is 3.71. The van der Waals surface area contributed by atoms with Gasteiger partial charge in [-0.25, -0.2) is 0 Å². The highest BCUT2D eigenvalue weighted by molar-refractivity contribution is 5.90. The molecule has 156 valence electrons. The zero-order chi connectivity index (χ0) is 22.0. The molecule has 2 aromatic carbocycles. The van der Waals surface area contributed by atoms with Crippen molar-refractivity contribution in [3.05, 3.63) is 76.2 Å². The monoisotopic (exact) mass is 406 g/mol. The Morgan fingerprint density at radius 2 is 1.60 bits per heavy atom. The number of rotatable bonds is 7. The summed E-state index contributed by atoms with van der Waals surface area (Å²) in [4.78, 5) is 13.2. The number of phenols is 3. The van der Waals surface area contributed by atoms with Crippen LogP contribution >= 0.6 is 0 Å². The molecule has 0 saturated heterocycles. The summed E-state index contributed by atoms with van der Waals surface area (Å²) in [5.74, 6) is -0.303. The van der Waals surface area contributed by atoms with Gasteiger partial charge < -0.3 is 19.7 Å². The van der Waals surface area contributed by atoms with Crippen molar-refractivity contribution < 1.29 is 19.7 Å². The average molecular weight is 406 g/mol. The van der Waals surface area contributed by atoms with Gasteiger partial charge in [-0.2, -0.15) is 0 Å². The summed E-state index contributed by atoms with van der Waals surface area (Å²) in [6.45, 7) is 11.5. The van der Waals surface area contributed by atoms with Gasteiger partial charge in [0, 0.05) is 11.6 Å². The zero-order valence-electron chi connectivity index (χ0n) is 17.3. The molecule has 5 nitrogen and oxygen atoms in total. The van der Waals surface area contributed by atoms with Crippen LogP contribution in [0.5, 0.6) is 17.2 Å². The number of allylic oxidation sites excluding steroid dienone is 2. The van der Waals surface area contributed by atoms with Crippen LogP contribution in [0.4, 0.5) is 0 Å². The molecule has 5 heteroatoms. The molecular weight excluding hydrogens is 380 g/mol. The lowest BCUT2D eigenvalue weighted by Gasteiger charge is -2.12. The van der Waals surface area contributed by atoms with Gasteiger partial charge in [0.2, 0.25) is 5.43 Å². The molecule has 0 aliphatic rings. The molecule has 3 aromatic rings. The molecule has 0 amide bonds. The van der Waals surface area contributed by atoms with Crippen molar-refractivity contribution in [2.45, 2.75) is 39.5 Å². The summed E-state index contributed by atoms with van der Waals surface area (Å²) in [6.07, 6.45) is 3.70. The second-order valence-electron chi connectivity index (χ2n) is 7.83. The number of benzene rings is 2. The molecule has 1 heterocycles. The number of hydrogen-bond acceptors (Lipinski definition) is 5. The van der Waals surface area contributed by atoms with Crippen LogP contribution < -0.4 is 5.43 Å². The van der Waals surface area contributed by atoms with Crippen molar-refractivity contribution in [3.63, 3.8) is 0 Å². The van der Waals surface area contributed by atoms with Crippen molar-refractivity contribution in [2.75, 3.05) is 0 Å². The highest BCUT2D eigenvalue weighted by atomic mass is 16.3. The van der Waals surface area contributed by atoms with Crippen LogP contribution in [-0.4, -0.2) is 15.3 Å². The Morgan fingerprint density at radius 1 is 0.933 bits per heavy atom. The molecule has 0 radical (unpaired) electrons. The maximum absolute atomic E-state index is 13.2. The summed E-state index contributed by atoms with van der Waals surface area (Å²) in [5, 5.41) is 30.8. The number of aromatic hydroxyl groups is 3. The Labute approximate surface area is 175 Å². The fourth-order valence-electron chi connectivity index (χ4n) is 3.41. The van der Waals surface area contributed by atoms with Crippen LogP contribution in [-0.2, 0) is 12.8 Å². The third-order valence-electron chi connectivity index (χ3n) is 5.12. The van der Waals surface area contributed by atoms with Crippen LogP contribution in [0.2, 0.25) is 0 Å². The molecule has 0 unspecified atom stereocenters. The molecule has 1 aromatic heterocycles. The molecule has 0 aliphatic heterocycles. The normalized spacial score (nSPS) is 11.0. The fourth-order valence-corrected chi connectivity index (χ4v) is 3.41. The summed E-state index contributed by atoms with van der Waals surface area (Å²) in [6, 6.07) is 6.10. The summed E-state index contributed by atoms with van der Waals surface area (Å²) < 4.78 is 5.75. The van der Waals surface area contributed by atoms with Crippen molar-refractivity contribution in [3.8, 4) is 28.4 Å². The van der Waals surface area contributed by atoms with Gasteiger partial charge in [0.25, 0.3) is 0 Å². The molecule has 30 heavy (non-hydrogen) atoms. The first-order valence-electron chi connectivity index (χ1n) is 9.79. The number of aryl methyl sites for hydroxylation is 2. The Balaban J connectivity index is 2.14. The highest BCUT2D eigenvalue weighted by Gasteiger charge is 2.19. The predicted molar refractivity (Wildman–Crippen MR) is 119 cm³/mol. The second-order valence-corrected chi connectivity index (χ2v) is 7.83. The zero-order valence-corrected chi connectivity index (χ0v) is 17.3. The van der Waals surface area contributed by atoms with Crippen LogP contribution in [0, 0.1) is 0 Å². The molecule has 0 aliphatic carbocycles. The third kappa shape index (κ3) is 4.25. The second kappa shape index (κ2) is 8.49. The lowest BCUT2D eigenvalue weighted by molar-refractivity contribution is 0.446. The summed E-state index contributed by atoms with van der Waals surface area (Å²) in [7, 11) is 0. The first-order chi connectivity index (χ1) is 14.2. The van der Waals surface area contributed by atoms with E-state index >= 15 is 0 Å². The van der Waals surface area contributed by atoms with Gasteiger partial charge >= 0.3 is 0 Å². The van der Waals surface area contributed by atoms with Crippen LogP contribution in [0.1, 0.15) is 37.8 Å². The quantitative estimate of drug-likeness (QED) is 0.445. The largest absolute Gasteiger partial charge is 0.508 e. The smallest absolute Gasteiger partial charge is 0.204 e. The molecule has 0 atom stereocenters. The number of hydrogen-bond donors (Lipinski definition) is 3. The molecule has 3 N–H and O–H groups in total. The molecule has 0 saturated carbocycles. The van der Waals surface area contributed by atoms with E-state index < -0.39 is 5.43 Å². The minimum atomic E-state index is -0.401. The van der Waals surface area contributed by atoms with Gasteiger partial charge in [0.05, 0.1) is 5.56 Å². The van der Waals surface area contributed by atoms with Crippen LogP contribution in [0.25, 0.3) is 22.1 Å². The van der Waals surface area contributed by atoms with E-state index in [0.29, 0.717) is 36.0 Å². The SMILES string of the molecule is C=C(C)CCc1cc(-c2coc3c(CCC(=C)C)c(O)cc(O)c3c2=O)ccc1O. The van der Waals surface area contributed by atoms with Crippen molar-refractivity contribution in [2.24, 2.45) is 0 Å². The van der Waals surface area contributed by atoms with E-state index in [2.05, 4.69) is 13.2 Å². The van der Waals surface area contributed by atoms with E-state index in [1.54, 1.807) is 18.2 Å². The minimum Gasteiger partial charge on any atom is -0.508 e. The van der Waals surface area contributed by atoms with Gasteiger partial charge in [-0.05, 0) is 62.8 Å². The summed E-state index contributed by atoms with van der Waals surface area (Å²) >= 11 is 0. The molecule has 0 fully saturated rings. The Bertz CT molecular complexity index is 1200. The maximum atomic E-state index is 13.2. The molecule has 3 rings (SSSR count). The van der Waals surface area contributed by atoms with E-state index in [9.17, 15) is 20.1 Å². The van der Waals surface area contributed by atoms with Crippen molar-refractivity contribution in [1.29, 1.82) is 0 Å². The highest BCUT2D eigenvalue weighted by Crippen LogP contribution is 2.36. The van der Waals surface area contributed by atoms with E-state index in [4.69, 9.17) is 4.42 Å². The van der Waals surface area contributed by atoms with E-state index in [-0.39, 0.29) is 33.8 Å². The molecule has 0 bridgehead atoms. The lowest BCUT2D eigenvalue weighted by atomic mass is 9.97. The van der Waals surface area contributed by atoms with Gasteiger partial charge in [0.15, 0.2) is 0 Å². The lowest BCUT2D eigenvalue weighted by Crippen LogP contribution is -2.07. The molecular formula is C25H26O5. The van der Waals surface area contributed by atoms with Crippen molar-refractivity contribution >= 4 is 11.0 Å². The third-order valence-corrected chi connectivity index (χ3v) is 5.12. The van der Waals surface area contributed by atoms with Crippen molar-refractivity contribution in [1.82, 2.24) is 0 Å². The average Bonchev–Trinajstić information content (AvgIpc) is 2.67. The Hall–Kier alpha value is -3.47. The van der Waals surface area contributed by atoms with E-state index in [1.165, 1.54) is 12.3 Å². The van der Waals surface area contributed by atoms with Gasteiger partial charge in [-0.15, -0.1) is 13.2 Å². The fraction of sp³-hybridized carbons (Fsp3) is 0.240. The topological polar surface area (TPSA) is 90.9 Å². The predicted octanol–water partition coefficient (Wildman–Crippen LogP) is 5.59. The first kappa shape index (κ1) is 21.2. The van der Waals surface area contributed by atoms with Crippen LogP contribution in [0.3, 0.4) is 0 Å². The van der Waals surface area contributed by atoms with Crippen LogP contribution in [0.15, 0.2) is 64.0 Å². The number of fused-ring (bicyclic) bond motifs is 1. The minimum absolute atomic E-state index is 0.0265. The molecule has 0 spiro atoms. The number of phenolic OH excluding ortho intramolecular Hbond substituents is 3. The van der Waals surface area contributed by atoms with Gasteiger partial charge in [-0.3, -0.25) is 4.79 Å². The Morgan fingerprint density at radius 3 is 2.27 bits per heavy atom. The van der Waals surface area contributed by atoms with Gasteiger partial charge in [-0.1, -0.05) is 17.2 Å². The van der Waals surface area contributed by atoms with E-state index in [0.717, 1.165) is 17.6 Å². The Kier molecular flexibility index (Phi) is 6.01. The maximum Gasteiger partial charge on any atom is 0.204 e.